The van der Waals surface area contributed by atoms with E-state index < -0.39 is 0 Å². The maximum absolute atomic E-state index is 12.2. The normalized spacial score (nSPS) is 19.3. The molecule has 0 spiro atoms. The molecule has 0 radical (unpaired) electrons. The fourth-order valence-electron chi connectivity index (χ4n) is 3.29. The average Bonchev–Trinajstić information content (AvgIpc) is 2.68. The lowest BCUT2D eigenvalue weighted by molar-refractivity contribution is -0.897. The number of carbonyl (C=O) groups is 2. The first-order valence-corrected chi connectivity index (χ1v) is 9.29. The highest BCUT2D eigenvalue weighted by Gasteiger charge is 2.26. The Morgan fingerprint density at radius 1 is 1.04 bits per heavy atom. The van der Waals surface area contributed by atoms with Crippen LogP contribution >= 0.6 is 0 Å². The van der Waals surface area contributed by atoms with Gasteiger partial charge in [-0.25, -0.2) is 0 Å². The molecule has 4 N–H and O–H groups in total. The van der Waals surface area contributed by atoms with Crippen LogP contribution in [0.25, 0.3) is 0 Å². The van der Waals surface area contributed by atoms with Crippen LogP contribution in [0.15, 0.2) is 54.6 Å². The second-order valence-electron chi connectivity index (χ2n) is 6.95. The van der Waals surface area contributed by atoms with E-state index in [-0.39, 0.29) is 17.7 Å². The number of nitrogens with one attached hydrogen (secondary N) is 2. The molecule has 6 heteroatoms. The van der Waals surface area contributed by atoms with E-state index in [1.54, 1.807) is 0 Å². The number of hydrogen-bond acceptors (Lipinski definition) is 3. The van der Waals surface area contributed by atoms with E-state index in [9.17, 15) is 9.59 Å². The number of likely N-dealkylation sites (tertiary alicyclic amines) is 1. The summed E-state index contributed by atoms with van der Waals surface area (Å²) in [6, 6.07) is 17.4. The molecular weight excluding hydrogens is 342 g/mol. The molecule has 142 valence electrons. The van der Waals surface area contributed by atoms with Crippen molar-refractivity contribution in [3.8, 4) is 5.75 Å². The third kappa shape index (κ3) is 5.82. The number of anilines is 1. The predicted octanol–water partition coefficient (Wildman–Crippen LogP) is 0.984. The van der Waals surface area contributed by atoms with Gasteiger partial charge in [0.25, 0.3) is 5.91 Å². The molecule has 0 unspecified atom stereocenters. The van der Waals surface area contributed by atoms with E-state index in [2.05, 4.69) is 5.32 Å². The fraction of sp³-hybridized carbons (Fsp3) is 0.333. The van der Waals surface area contributed by atoms with Crippen LogP contribution in [-0.4, -0.2) is 31.4 Å². The van der Waals surface area contributed by atoms with Crippen molar-refractivity contribution in [2.75, 3.05) is 25.0 Å². The molecule has 1 aliphatic heterocycles. The summed E-state index contributed by atoms with van der Waals surface area (Å²) in [4.78, 5) is 24.6. The van der Waals surface area contributed by atoms with E-state index in [1.807, 2.05) is 54.6 Å². The summed E-state index contributed by atoms with van der Waals surface area (Å²) < 4.78 is 5.75. The second kappa shape index (κ2) is 9.19. The minimum absolute atomic E-state index is 0.0273. The van der Waals surface area contributed by atoms with Gasteiger partial charge in [-0.3, -0.25) is 9.59 Å². The predicted molar refractivity (Wildman–Crippen MR) is 103 cm³/mol. The standard InChI is InChI=1S/C21H25N3O3/c22-21(26)17-10-12-24(13-11-17)14-20(25)23-18-6-8-19(9-7-18)27-15-16-4-2-1-3-5-16/h1-9,17H,10-15H2,(H2,22,26)(H,23,25)/p+1. The highest BCUT2D eigenvalue weighted by molar-refractivity contribution is 5.91. The molecular formula is C21H26N3O3+. The molecule has 6 nitrogen and oxygen atoms in total. The van der Waals surface area contributed by atoms with Crippen LogP contribution in [0.5, 0.6) is 5.75 Å². The second-order valence-corrected chi connectivity index (χ2v) is 6.95. The summed E-state index contributed by atoms with van der Waals surface area (Å²) in [5, 5.41) is 2.92. The van der Waals surface area contributed by atoms with Crippen molar-refractivity contribution < 1.29 is 19.2 Å². The molecule has 1 aliphatic rings. The lowest BCUT2D eigenvalue weighted by Crippen LogP contribution is -3.14. The zero-order valence-electron chi connectivity index (χ0n) is 15.3. The van der Waals surface area contributed by atoms with Gasteiger partial charge in [0.15, 0.2) is 6.54 Å². The molecule has 0 aliphatic carbocycles. The molecule has 1 heterocycles. The van der Waals surface area contributed by atoms with Gasteiger partial charge in [0.2, 0.25) is 5.91 Å². The van der Waals surface area contributed by atoms with Crippen LogP contribution in [0.4, 0.5) is 5.69 Å². The van der Waals surface area contributed by atoms with Crippen LogP contribution < -0.4 is 20.7 Å². The summed E-state index contributed by atoms with van der Waals surface area (Å²) in [5.41, 5.74) is 7.20. The molecule has 1 fully saturated rings. The van der Waals surface area contributed by atoms with E-state index >= 15 is 0 Å². The van der Waals surface area contributed by atoms with Gasteiger partial charge in [0.1, 0.15) is 12.4 Å². The van der Waals surface area contributed by atoms with Gasteiger partial charge >= 0.3 is 0 Å². The zero-order valence-corrected chi connectivity index (χ0v) is 15.3. The SMILES string of the molecule is NC(=O)C1CC[NH+](CC(=O)Nc2ccc(OCc3ccccc3)cc2)CC1. The van der Waals surface area contributed by atoms with Gasteiger partial charge in [-0.15, -0.1) is 0 Å². The van der Waals surface area contributed by atoms with Crippen LogP contribution in [0.3, 0.4) is 0 Å². The number of hydrogen-bond donors (Lipinski definition) is 3. The molecule has 3 rings (SSSR count). The minimum Gasteiger partial charge on any atom is -0.489 e. The lowest BCUT2D eigenvalue weighted by atomic mass is 9.96. The number of rotatable bonds is 7. The molecule has 0 saturated carbocycles. The lowest BCUT2D eigenvalue weighted by Gasteiger charge is -2.27. The molecule has 2 aromatic carbocycles. The zero-order chi connectivity index (χ0) is 19.1. The summed E-state index contributed by atoms with van der Waals surface area (Å²) in [5.74, 6) is 0.463. The Hall–Kier alpha value is -2.86. The molecule has 0 bridgehead atoms. The van der Waals surface area contributed by atoms with Crippen LogP contribution in [-0.2, 0) is 16.2 Å². The van der Waals surface area contributed by atoms with Crippen LogP contribution in [0, 0.1) is 5.92 Å². The van der Waals surface area contributed by atoms with Crippen molar-refractivity contribution in [1.29, 1.82) is 0 Å². The first-order valence-electron chi connectivity index (χ1n) is 9.29. The first kappa shape index (κ1) is 18.9. The third-order valence-electron chi connectivity index (χ3n) is 4.89. The van der Waals surface area contributed by atoms with Crippen molar-refractivity contribution in [3.63, 3.8) is 0 Å². The molecule has 0 atom stereocenters. The Morgan fingerprint density at radius 2 is 1.70 bits per heavy atom. The highest BCUT2D eigenvalue weighted by atomic mass is 16.5. The van der Waals surface area contributed by atoms with Crippen molar-refractivity contribution in [3.05, 3.63) is 60.2 Å². The van der Waals surface area contributed by atoms with Crippen molar-refractivity contribution in [2.24, 2.45) is 11.7 Å². The first-order chi connectivity index (χ1) is 13.1. The summed E-state index contributed by atoms with van der Waals surface area (Å²) in [7, 11) is 0. The van der Waals surface area contributed by atoms with Gasteiger partial charge < -0.3 is 20.7 Å². The topological polar surface area (TPSA) is 85.9 Å². The van der Waals surface area contributed by atoms with Crippen molar-refractivity contribution in [1.82, 2.24) is 0 Å². The van der Waals surface area contributed by atoms with Gasteiger partial charge in [0, 0.05) is 24.4 Å². The number of amides is 2. The van der Waals surface area contributed by atoms with Gasteiger partial charge in [-0.2, -0.15) is 0 Å². The van der Waals surface area contributed by atoms with Crippen LogP contribution in [0.2, 0.25) is 0 Å². The highest BCUT2D eigenvalue weighted by Crippen LogP contribution is 2.17. The summed E-state index contributed by atoms with van der Waals surface area (Å²) in [6.45, 7) is 2.51. The molecule has 1 saturated heterocycles. The number of quaternary nitrogens is 1. The Kier molecular flexibility index (Phi) is 6.44. The van der Waals surface area contributed by atoms with Gasteiger partial charge in [0.05, 0.1) is 13.1 Å². The largest absolute Gasteiger partial charge is 0.489 e. The maximum Gasteiger partial charge on any atom is 0.279 e. The van der Waals surface area contributed by atoms with Crippen molar-refractivity contribution >= 4 is 17.5 Å². The Balaban J connectivity index is 1.42. The molecule has 2 amide bonds. The Bertz CT molecular complexity index is 754. The maximum atomic E-state index is 12.2. The van der Waals surface area contributed by atoms with E-state index in [0.717, 1.165) is 42.9 Å². The number of nitrogens with two attached hydrogens (primary N) is 1. The van der Waals surface area contributed by atoms with Crippen molar-refractivity contribution in [2.45, 2.75) is 19.4 Å². The van der Waals surface area contributed by atoms with E-state index in [4.69, 9.17) is 10.5 Å². The monoisotopic (exact) mass is 368 g/mol. The number of benzene rings is 2. The molecule has 0 aromatic heterocycles. The van der Waals surface area contributed by atoms with Gasteiger partial charge in [-0.05, 0) is 29.8 Å². The smallest absolute Gasteiger partial charge is 0.279 e. The Labute approximate surface area is 159 Å². The number of ether oxygens (including phenoxy) is 1. The van der Waals surface area contributed by atoms with E-state index in [0.29, 0.717) is 13.2 Å². The fourth-order valence-corrected chi connectivity index (χ4v) is 3.29. The number of carbonyl (C=O) groups excluding carboxylic acids is 2. The summed E-state index contributed by atoms with van der Waals surface area (Å²) in [6.07, 6.45) is 1.51. The molecule has 27 heavy (non-hydrogen) atoms. The van der Waals surface area contributed by atoms with Crippen LogP contribution in [0.1, 0.15) is 18.4 Å². The van der Waals surface area contributed by atoms with E-state index in [1.165, 1.54) is 4.90 Å². The van der Waals surface area contributed by atoms with Gasteiger partial charge in [-0.1, -0.05) is 30.3 Å². The summed E-state index contributed by atoms with van der Waals surface area (Å²) >= 11 is 0. The quantitative estimate of drug-likeness (QED) is 0.681. The Morgan fingerprint density at radius 3 is 2.33 bits per heavy atom. The average molecular weight is 368 g/mol. The minimum atomic E-state index is -0.229. The third-order valence-corrected chi connectivity index (χ3v) is 4.89. The molecule has 2 aromatic rings. The number of piperidine rings is 1. The number of primary amides is 1.